The highest BCUT2D eigenvalue weighted by molar-refractivity contribution is 7.89. The molecule has 0 spiro atoms. The Hall–Kier alpha value is -3.63. The van der Waals surface area contributed by atoms with Crippen LogP contribution in [-0.4, -0.2) is 72.1 Å². The number of hydrogen-bond acceptors (Lipinski definition) is 8. The molecular weight excluding hydrogens is 466 g/mol. The van der Waals surface area contributed by atoms with E-state index in [0.717, 1.165) is 4.57 Å². The first-order valence-corrected chi connectivity index (χ1v) is 12.1. The van der Waals surface area contributed by atoms with Crippen molar-refractivity contribution in [3.05, 3.63) is 50.8 Å². The van der Waals surface area contributed by atoms with Gasteiger partial charge in [-0.15, -0.1) is 0 Å². The number of carbonyl (C=O) groups excluding carboxylic acids is 1. The number of aryl methyl sites for hydroxylation is 1. The van der Waals surface area contributed by atoms with Gasteiger partial charge < -0.3 is 14.4 Å². The molecule has 3 heterocycles. The summed E-state index contributed by atoms with van der Waals surface area (Å²) in [6.45, 7) is 2.41. The molecule has 0 bridgehead atoms. The average molecular weight is 490 g/mol. The predicted octanol–water partition coefficient (Wildman–Crippen LogP) is -0.794. The summed E-state index contributed by atoms with van der Waals surface area (Å²) in [5.74, 6) is 0.343. The Morgan fingerprint density at radius 3 is 2.41 bits per heavy atom. The smallest absolute Gasteiger partial charge is 0.331 e. The number of amides is 1. The van der Waals surface area contributed by atoms with Gasteiger partial charge in [-0.05, 0) is 19.1 Å². The van der Waals surface area contributed by atoms with Crippen molar-refractivity contribution in [2.24, 2.45) is 0 Å². The van der Waals surface area contributed by atoms with Crippen LogP contribution in [0.3, 0.4) is 0 Å². The molecule has 1 aromatic heterocycles. The third-order valence-electron chi connectivity index (χ3n) is 5.73. The van der Waals surface area contributed by atoms with Crippen molar-refractivity contribution in [3.63, 3.8) is 0 Å². The van der Waals surface area contributed by atoms with Crippen molar-refractivity contribution in [2.45, 2.75) is 24.9 Å². The van der Waals surface area contributed by atoms with Crippen LogP contribution in [-0.2, 0) is 27.9 Å². The minimum atomic E-state index is -3.82. The number of piperazine rings is 1. The maximum Gasteiger partial charge on any atom is 0.331 e. The molecule has 12 nitrogen and oxygen atoms in total. The van der Waals surface area contributed by atoms with Crippen LogP contribution in [0.4, 0.5) is 0 Å². The van der Waals surface area contributed by atoms with Gasteiger partial charge in [0, 0.05) is 45.0 Å². The molecule has 0 N–H and O–H groups in total. The highest BCUT2D eigenvalue weighted by Gasteiger charge is 2.31. The van der Waals surface area contributed by atoms with Crippen molar-refractivity contribution in [1.82, 2.24) is 18.3 Å². The molecule has 0 atom stereocenters. The van der Waals surface area contributed by atoms with E-state index >= 15 is 0 Å². The molecule has 1 amide bonds. The number of sulfonamides is 1. The van der Waals surface area contributed by atoms with Crippen molar-refractivity contribution in [3.8, 4) is 17.6 Å². The van der Waals surface area contributed by atoms with Gasteiger partial charge in [-0.3, -0.25) is 14.2 Å². The van der Waals surface area contributed by atoms with Gasteiger partial charge >= 0.3 is 5.69 Å². The van der Waals surface area contributed by atoms with E-state index in [1.54, 1.807) is 19.1 Å². The lowest BCUT2D eigenvalue weighted by Crippen LogP contribution is -2.52. The number of carbonyl (C=O) groups is 1. The lowest BCUT2D eigenvalue weighted by atomic mass is 10.3. The van der Waals surface area contributed by atoms with E-state index in [1.807, 2.05) is 0 Å². The number of nitrogens with zero attached hydrogens (tertiary/aromatic N) is 5. The summed E-state index contributed by atoms with van der Waals surface area (Å²) in [5.41, 5.74) is -1.74. The quantitative estimate of drug-likeness (QED) is 0.531. The zero-order valence-corrected chi connectivity index (χ0v) is 19.3. The van der Waals surface area contributed by atoms with Crippen LogP contribution in [0.5, 0.6) is 11.5 Å². The van der Waals surface area contributed by atoms with Crippen molar-refractivity contribution in [2.75, 3.05) is 39.4 Å². The SMILES string of the molecule is CCn1cc(C#N)c(=O)n(CC(=O)N2CCN(S(=O)(=O)c3ccc4c(c3)OCCO4)CC2)c1=O. The second-order valence-electron chi connectivity index (χ2n) is 7.70. The maximum atomic E-state index is 13.1. The topological polar surface area (TPSA) is 144 Å². The molecule has 2 aliphatic heterocycles. The van der Waals surface area contributed by atoms with Crippen LogP contribution in [0.25, 0.3) is 0 Å². The first-order chi connectivity index (χ1) is 16.3. The van der Waals surface area contributed by atoms with Crippen LogP contribution in [0.2, 0.25) is 0 Å². The Bertz CT molecular complexity index is 1380. The Balaban J connectivity index is 1.46. The van der Waals surface area contributed by atoms with Gasteiger partial charge in [-0.25, -0.2) is 17.8 Å². The van der Waals surface area contributed by atoms with Gasteiger partial charge in [0.05, 0.1) is 4.90 Å². The van der Waals surface area contributed by atoms with Crippen LogP contribution < -0.4 is 20.7 Å². The lowest BCUT2D eigenvalue weighted by molar-refractivity contribution is -0.133. The van der Waals surface area contributed by atoms with E-state index in [0.29, 0.717) is 24.7 Å². The monoisotopic (exact) mass is 489 g/mol. The Labute approximate surface area is 195 Å². The molecule has 13 heteroatoms. The van der Waals surface area contributed by atoms with Crippen LogP contribution in [0.15, 0.2) is 38.9 Å². The van der Waals surface area contributed by atoms with Crippen molar-refractivity contribution >= 4 is 15.9 Å². The number of ether oxygens (including phenoxy) is 2. The first kappa shape index (κ1) is 23.5. The number of aromatic nitrogens is 2. The molecule has 1 aromatic carbocycles. The van der Waals surface area contributed by atoms with Gasteiger partial charge in [0.15, 0.2) is 11.5 Å². The summed E-state index contributed by atoms with van der Waals surface area (Å²) < 4.78 is 40.2. The van der Waals surface area contributed by atoms with E-state index in [-0.39, 0.29) is 43.2 Å². The average Bonchev–Trinajstić information content (AvgIpc) is 2.86. The molecule has 34 heavy (non-hydrogen) atoms. The lowest BCUT2D eigenvalue weighted by Gasteiger charge is -2.34. The molecule has 1 saturated heterocycles. The highest BCUT2D eigenvalue weighted by atomic mass is 32.2. The van der Waals surface area contributed by atoms with Gasteiger partial charge in [-0.1, -0.05) is 0 Å². The van der Waals surface area contributed by atoms with Crippen LogP contribution in [0, 0.1) is 11.3 Å². The van der Waals surface area contributed by atoms with Crippen molar-refractivity contribution < 1.29 is 22.7 Å². The zero-order chi connectivity index (χ0) is 24.5. The summed E-state index contributed by atoms with van der Waals surface area (Å²) in [5, 5.41) is 9.15. The third-order valence-corrected chi connectivity index (χ3v) is 7.63. The number of rotatable bonds is 5. The Morgan fingerprint density at radius 1 is 1.09 bits per heavy atom. The first-order valence-electron chi connectivity index (χ1n) is 10.7. The van der Waals surface area contributed by atoms with Crippen LogP contribution >= 0.6 is 0 Å². The summed E-state index contributed by atoms with van der Waals surface area (Å²) in [6, 6.07) is 6.17. The normalized spacial score (nSPS) is 16.2. The van der Waals surface area contributed by atoms with E-state index in [9.17, 15) is 22.8 Å². The fourth-order valence-electron chi connectivity index (χ4n) is 3.84. The predicted molar refractivity (Wildman–Crippen MR) is 118 cm³/mol. The number of nitriles is 1. The van der Waals surface area contributed by atoms with Gasteiger partial charge in [0.25, 0.3) is 5.56 Å². The molecular formula is C21H23N5O7S. The van der Waals surface area contributed by atoms with Crippen LogP contribution in [0.1, 0.15) is 12.5 Å². The number of hydrogen-bond donors (Lipinski definition) is 0. The standard InChI is InChI=1S/C21H23N5O7S/c1-2-23-13-15(12-22)20(28)26(21(23)29)14-19(27)24-5-7-25(8-6-24)34(30,31)16-3-4-17-18(11-16)33-10-9-32-17/h3-4,11,13H,2,5-10,14H2,1H3. The largest absolute Gasteiger partial charge is 0.486 e. The highest BCUT2D eigenvalue weighted by Crippen LogP contribution is 2.33. The Morgan fingerprint density at radius 2 is 1.76 bits per heavy atom. The van der Waals surface area contributed by atoms with E-state index < -0.39 is 33.7 Å². The molecule has 0 saturated carbocycles. The zero-order valence-electron chi connectivity index (χ0n) is 18.5. The summed E-state index contributed by atoms with van der Waals surface area (Å²) in [7, 11) is -3.82. The fraction of sp³-hybridized carbons (Fsp3) is 0.429. The fourth-order valence-corrected chi connectivity index (χ4v) is 5.28. The second-order valence-corrected chi connectivity index (χ2v) is 9.64. The second kappa shape index (κ2) is 9.32. The molecule has 0 radical (unpaired) electrons. The number of fused-ring (bicyclic) bond motifs is 1. The van der Waals surface area contributed by atoms with Gasteiger partial charge in [0.2, 0.25) is 15.9 Å². The van der Waals surface area contributed by atoms with Gasteiger partial charge in [-0.2, -0.15) is 9.57 Å². The third kappa shape index (κ3) is 4.29. The van der Waals surface area contributed by atoms with E-state index in [4.69, 9.17) is 14.7 Å². The number of benzene rings is 1. The van der Waals surface area contributed by atoms with E-state index in [2.05, 4.69) is 0 Å². The minimum absolute atomic E-state index is 0.0504. The van der Waals surface area contributed by atoms with Crippen molar-refractivity contribution in [1.29, 1.82) is 5.26 Å². The summed E-state index contributed by atoms with van der Waals surface area (Å²) in [6.07, 6.45) is 1.17. The molecule has 180 valence electrons. The summed E-state index contributed by atoms with van der Waals surface area (Å²) >= 11 is 0. The molecule has 2 aliphatic rings. The van der Waals surface area contributed by atoms with E-state index in [1.165, 1.54) is 32.1 Å². The molecule has 2 aromatic rings. The molecule has 4 rings (SSSR count). The minimum Gasteiger partial charge on any atom is -0.486 e. The maximum absolute atomic E-state index is 13.1. The molecule has 0 aliphatic carbocycles. The molecule has 0 unspecified atom stereocenters. The summed E-state index contributed by atoms with van der Waals surface area (Å²) in [4.78, 5) is 39.1. The molecule has 1 fully saturated rings. The van der Waals surface area contributed by atoms with Gasteiger partial charge in [0.1, 0.15) is 31.4 Å². The Kier molecular flexibility index (Phi) is 6.45.